The molecule has 4 N–H and O–H groups in total. The third-order valence-electron chi connectivity index (χ3n) is 1.32. The average molecular weight is 260 g/mol. The standard InChI is InChI=1S/C6H4F4N2O5/c7-5(8,1(11)13)3(15)17-4(16)6(9,10)2(12)14/h(H2,11,13)(H2,12,14). The molecule has 0 aromatic rings. The number of amides is 2. The van der Waals surface area contributed by atoms with E-state index in [2.05, 4.69) is 16.2 Å². The van der Waals surface area contributed by atoms with Gasteiger partial charge in [-0.05, 0) is 0 Å². The van der Waals surface area contributed by atoms with Gasteiger partial charge < -0.3 is 16.2 Å². The first-order valence-electron chi connectivity index (χ1n) is 3.56. The number of hydrogen-bond donors (Lipinski definition) is 2. The summed E-state index contributed by atoms with van der Waals surface area (Å²) in [6.45, 7) is 0. The van der Waals surface area contributed by atoms with Crippen LogP contribution in [0, 0.1) is 0 Å². The van der Waals surface area contributed by atoms with Gasteiger partial charge in [0, 0.05) is 0 Å². The van der Waals surface area contributed by atoms with Crippen LogP contribution in [0.4, 0.5) is 17.6 Å². The maximum Gasteiger partial charge on any atom is 0.419 e. The lowest BCUT2D eigenvalue weighted by molar-refractivity contribution is -0.193. The smallest absolute Gasteiger partial charge is 0.383 e. The Morgan fingerprint density at radius 2 is 1.00 bits per heavy atom. The Morgan fingerprint density at radius 3 is 1.18 bits per heavy atom. The highest BCUT2D eigenvalue weighted by Crippen LogP contribution is 2.19. The number of hydrogen-bond acceptors (Lipinski definition) is 5. The Morgan fingerprint density at radius 1 is 0.765 bits per heavy atom. The highest BCUT2D eigenvalue weighted by atomic mass is 19.3. The van der Waals surface area contributed by atoms with E-state index in [-0.39, 0.29) is 0 Å². The minimum Gasteiger partial charge on any atom is -0.383 e. The molecule has 7 nitrogen and oxygen atoms in total. The maximum absolute atomic E-state index is 12.4. The molecule has 0 aliphatic carbocycles. The lowest BCUT2D eigenvalue weighted by Gasteiger charge is -2.13. The molecule has 0 atom stereocenters. The van der Waals surface area contributed by atoms with Gasteiger partial charge in [-0.1, -0.05) is 0 Å². The number of rotatable bonds is 4. The van der Waals surface area contributed by atoms with Crippen LogP contribution < -0.4 is 11.5 Å². The first-order valence-corrected chi connectivity index (χ1v) is 3.56. The monoisotopic (exact) mass is 260 g/mol. The van der Waals surface area contributed by atoms with Crippen molar-refractivity contribution in [1.82, 2.24) is 0 Å². The molecule has 2 amide bonds. The summed E-state index contributed by atoms with van der Waals surface area (Å²) in [5.41, 5.74) is 8.07. The predicted octanol–water partition coefficient (Wildman–Crippen LogP) is -1.70. The molecule has 0 heterocycles. The fourth-order valence-corrected chi connectivity index (χ4v) is 0.414. The van der Waals surface area contributed by atoms with Crippen molar-refractivity contribution in [2.75, 3.05) is 0 Å². The second-order valence-corrected chi connectivity index (χ2v) is 2.55. The van der Waals surface area contributed by atoms with Crippen molar-refractivity contribution in [1.29, 1.82) is 0 Å². The third kappa shape index (κ3) is 2.89. The van der Waals surface area contributed by atoms with Gasteiger partial charge in [-0.15, -0.1) is 0 Å². The van der Waals surface area contributed by atoms with E-state index in [9.17, 15) is 36.7 Å². The van der Waals surface area contributed by atoms with E-state index in [1.165, 1.54) is 0 Å². The summed E-state index contributed by atoms with van der Waals surface area (Å²) in [5.74, 6) is -20.9. The molecule has 0 fully saturated rings. The zero-order valence-corrected chi connectivity index (χ0v) is 7.71. The molecule has 0 spiro atoms. The zero-order valence-electron chi connectivity index (χ0n) is 7.71. The molecule has 0 saturated carbocycles. The third-order valence-corrected chi connectivity index (χ3v) is 1.32. The molecule has 0 saturated heterocycles. The van der Waals surface area contributed by atoms with Crippen molar-refractivity contribution in [2.45, 2.75) is 11.8 Å². The van der Waals surface area contributed by atoms with Gasteiger partial charge >= 0.3 is 23.8 Å². The fraction of sp³-hybridized carbons (Fsp3) is 0.333. The molecule has 96 valence electrons. The normalized spacial score (nSPS) is 11.8. The molecule has 0 rings (SSSR count). The minimum absolute atomic E-state index is 2.52. The van der Waals surface area contributed by atoms with Gasteiger partial charge in [-0.25, -0.2) is 9.59 Å². The van der Waals surface area contributed by atoms with Crippen LogP contribution in [-0.4, -0.2) is 35.6 Å². The number of carbonyl (C=O) groups is 4. The average Bonchev–Trinajstić information content (AvgIpc) is 2.16. The zero-order chi connectivity index (χ0) is 14.0. The van der Waals surface area contributed by atoms with E-state index in [0.717, 1.165) is 0 Å². The minimum atomic E-state index is -4.98. The molecule has 0 aliphatic heterocycles. The predicted molar refractivity (Wildman–Crippen MR) is 39.4 cm³/mol. The molecule has 0 bridgehead atoms. The van der Waals surface area contributed by atoms with Crippen molar-refractivity contribution >= 4 is 23.8 Å². The molecular weight excluding hydrogens is 256 g/mol. The van der Waals surface area contributed by atoms with Crippen LogP contribution in [0.1, 0.15) is 0 Å². The summed E-state index contributed by atoms with van der Waals surface area (Å²) in [4.78, 5) is 40.8. The van der Waals surface area contributed by atoms with E-state index in [1.807, 2.05) is 0 Å². The van der Waals surface area contributed by atoms with Crippen LogP contribution >= 0.6 is 0 Å². The Kier molecular flexibility index (Phi) is 3.79. The van der Waals surface area contributed by atoms with Gasteiger partial charge in [-0.3, -0.25) is 9.59 Å². The molecule has 0 aromatic carbocycles. The number of alkyl halides is 4. The molecular formula is C6H4F4N2O5. The SMILES string of the molecule is NC(=O)C(F)(F)C(=O)OC(=O)C(F)(F)C(N)=O. The second-order valence-electron chi connectivity index (χ2n) is 2.55. The van der Waals surface area contributed by atoms with E-state index >= 15 is 0 Å². The fourth-order valence-electron chi connectivity index (χ4n) is 0.414. The number of ether oxygens (including phenoxy) is 1. The highest BCUT2D eigenvalue weighted by Gasteiger charge is 2.54. The van der Waals surface area contributed by atoms with E-state index in [0.29, 0.717) is 0 Å². The van der Waals surface area contributed by atoms with Gasteiger partial charge in [0.15, 0.2) is 0 Å². The summed E-state index contributed by atoms with van der Waals surface area (Å²) in [6.07, 6.45) is 0. The Hall–Kier alpha value is -2.20. The van der Waals surface area contributed by atoms with Crippen LogP contribution in [-0.2, 0) is 23.9 Å². The Balaban J connectivity index is 4.90. The molecule has 11 heteroatoms. The molecule has 0 radical (unpaired) electrons. The molecule has 17 heavy (non-hydrogen) atoms. The van der Waals surface area contributed by atoms with Gasteiger partial charge in [-0.2, -0.15) is 17.6 Å². The maximum atomic E-state index is 12.4. The van der Waals surface area contributed by atoms with E-state index in [1.54, 1.807) is 0 Å². The van der Waals surface area contributed by atoms with Crippen LogP contribution in [0.2, 0.25) is 0 Å². The highest BCUT2D eigenvalue weighted by molar-refractivity contribution is 6.11. The number of halogens is 4. The first kappa shape index (κ1) is 14.8. The van der Waals surface area contributed by atoms with Crippen molar-refractivity contribution in [2.24, 2.45) is 11.5 Å². The van der Waals surface area contributed by atoms with Crippen LogP contribution in [0.15, 0.2) is 0 Å². The van der Waals surface area contributed by atoms with Gasteiger partial charge in [0.05, 0.1) is 0 Å². The van der Waals surface area contributed by atoms with Crippen LogP contribution in [0.25, 0.3) is 0 Å². The number of carbonyl (C=O) groups excluding carboxylic acids is 4. The van der Waals surface area contributed by atoms with Crippen LogP contribution in [0.5, 0.6) is 0 Å². The summed E-state index contributed by atoms with van der Waals surface area (Å²) >= 11 is 0. The summed E-state index contributed by atoms with van der Waals surface area (Å²) in [5, 5.41) is 0. The summed E-state index contributed by atoms with van der Waals surface area (Å²) in [7, 11) is 0. The number of primary amides is 2. The second kappa shape index (κ2) is 4.35. The Bertz CT molecular complexity index is 358. The molecule has 0 aliphatic rings. The number of nitrogens with two attached hydrogens (primary N) is 2. The van der Waals surface area contributed by atoms with Crippen LogP contribution in [0.3, 0.4) is 0 Å². The van der Waals surface area contributed by atoms with E-state index < -0.39 is 35.6 Å². The van der Waals surface area contributed by atoms with E-state index in [4.69, 9.17) is 0 Å². The largest absolute Gasteiger partial charge is 0.419 e. The lowest BCUT2D eigenvalue weighted by Crippen LogP contribution is -2.49. The van der Waals surface area contributed by atoms with Crippen molar-refractivity contribution < 1.29 is 41.5 Å². The van der Waals surface area contributed by atoms with Crippen molar-refractivity contribution in [3.8, 4) is 0 Å². The van der Waals surface area contributed by atoms with Crippen molar-refractivity contribution in [3.63, 3.8) is 0 Å². The van der Waals surface area contributed by atoms with Gasteiger partial charge in [0.2, 0.25) is 0 Å². The quantitative estimate of drug-likeness (QED) is 0.353. The summed E-state index contributed by atoms with van der Waals surface area (Å²) < 4.78 is 52.6. The van der Waals surface area contributed by atoms with Gasteiger partial charge in [0.25, 0.3) is 11.8 Å². The molecule has 0 unspecified atom stereocenters. The molecule has 0 aromatic heterocycles. The Labute approximate surface area is 89.7 Å². The topological polar surface area (TPSA) is 130 Å². The van der Waals surface area contributed by atoms with Crippen molar-refractivity contribution in [3.05, 3.63) is 0 Å². The lowest BCUT2D eigenvalue weighted by atomic mass is 10.3. The van der Waals surface area contributed by atoms with Gasteiger partial charge in [0.1, 0.15) is 0 Å². The number of esters is 2. The first-order chi connectivity index (χ1) is 7.44. The summed E-state index contributed by atoms with van der Waals surface area (Å²) in [6, 6.07) is 0.